The molecule has 0 rings (SSSR count). The van der Waals surface area contributed by atoms with Crippen LogP contribution in [0.25, 0.3) is 0 Å². The van der Waals surface area contributed by atoms with Crippen LogP contribution in [-0.2, 0) is 13.3 Å². The fourth-order valence-corrected chi connectivity index (χ4v) is 3.08. The largest absolute Gasteiger partial charge is 0.500 e. The van der Waals surface area contributed by atoms with Gasteiger partial charge in [0.2, 0.25) is 0 Å². The minimum absolute atomic E-state index is 0.0977. The highest BCUT2D eigenvalue weighted by Gasteiger charge is 2.37. The second kappa shape index (κ2) is 7.61. The molecule has 0 radical (unpaired) electrons. The van der Waals surface area contributed by atoms with Gasteiger partial charge in [-0.05, 0) is 6.42 Å². The normalized spacial score (nSPS) is 11.3. The van der Waals surface area contributed by atoms with E-state index in [0.29, 0.717) is 12.6 Å². The first-order valence-electron chi connectivity index (χ1n) is 5.13. The summed E-state index contributed by atoms with van der Waals surface area (Å²) in [5, 5.41) is 2.56. The molecule has 0 spiro atoms. The number of urea groups is 1. The Hall–Kier alpha value is -0.633. The van der Waals surface area contributed by atoms with Gasteiger partial charge in [0.25, 0.3) is 0 Å². The predicted molar refractivity (Wildman–Crippen MR) is 63.3 cm³/mol. The van der Waals surface area contributed by atoms with Crippen LogP contribution in [0.15, 0.2) is 0 Å². The van der Waals surface area contributed by atoms with Gasteiger partial charge in [-0.3, -0.25) is 0 Å². The van der Waals surface area contributed by atoms with Crippen molar-refractivity contribution in [3.8, 4) is 0 Å². The lowest BCUT2D eigenvalue weighted by molar-refractivity contribution is 0.122. The first-order chi connectivity index (χ1) is 7.55. The first-order valence-corrected chi connectivity index (χ1v) is 7.06. The molecule has 0 aromatic heterocycles. The number of nitrogens with one attached hydrogen (secondary N) is 1. The topological polar surface area (TPSA) is 60.0 Å². The van der Waals surface area contributed by atoms with Gasteiger partial charge in [-0.25, -0.2) is 4.79 Å². The van der Waals surface area contributed by atoms with Gasteiger partial charge >= 0.3 is 14.8 Å². The fraction of sp³-hybridized carbons (Fsp3) is 0.889. The minimum atomic E-state index is -2.49. The summed E-state index contributed by atoms with van der Waals surface area (Å²) in [6.07, 6.45) is 0.783. The van der Waals surface area contributed by atoms with Crippen LogP contribution in [0.3, 0.4) is 0 Å². The Morgan fingerprint density at radius 2 is 1.75 bits per heavy atom. The maximum absolute atomic E-state index is 11.2. The summed E-state index contributed by atoms with van der Waals surface area (Å²) < 4.78 is 15.8. The van der Waals surface area contributed by atoms with E-state index in [9.17, 15) is 4.79 Å². The number of carbonyl (C=O) groups excluding carboxylic acids is 1. The SMILES string of the molecule is CNC(=O)N(C)CCC[Si](OC)(OC)OC. The van der Waals surface area contributed by atoms with Gasteiger partial charge in [0.05, 0.1) is 0 Å². The van der Waals surface area contributed by atoms with Crippen molar-refractivity contribution in [1.29, 1.82) is 0 Å². The standard InChI is InChI=1S/C9H22N2O4Si/c1-10-9(12)11(2)7-6-8-16(13-3,14-4)15-5/h6-8H2,1-5H3,(H,10,12). The van der Waals surface area contributed by atoms with E-state index in [0.717, 1.165) is 6.42 Å². The minimum Gasteiger partial charge on any atom is -0.377 e. The number of hydrogen-bond donors (Lipinski definition) is 1. The molecule has 0 saturated heterocycles. The molecule has 0 aromatic carbocycles. The third-order valence-electron chi connectivity index (χ3n) is 2.47. The molecule has 7 heteroatoms. The Kier molecular flexibility index (Phi) is 7.31. The van der Waals surface area contributed by atoms with Crippen molar-refractivity contribution in [1.82, 2.24) is 10.2 Å². The number of rotatable bonds is 7. The lowest BCUT2D eigenvalue weighted by atomic mass is 10.4. The summed E-state index contributed by atoms with van der Waals surface area (Å²) in [4.78, 5) is 12.8. The molecule has 0 heterocycles. The molecule has 0 aromatic rings. The zero-order chi connectivity index (χ0) is 12.6. The molecule has 0 aliphatic rings. The van der Waals surface area contributed by atoms with Gasteiger partial charge in [-0.1, -0.05) is 0 Å². The number of amides is 2. The third kappa shape index (κ3) is 4.48. The molecule has 0 saturated carbocycles. The van der Waals surface area contributed by atoms with Gasteiger partial charge in [-0.2, -0.15) is 0 Å². The van der Waals surface area contributed by atoms with Crippen molar-refractivity contribution in [3.05, 3.63) is 0 Å². The average Bonchev–Trinajstić information content (AvgIpc) is 2.34. The second-order valence-corrected chi connectivity index (χ2v) is 6.47. The highest BCUT2D eigenvalue weighted by Crippen LogP contribution is 2.14. The molecule has 2 amide bonds. The zero-order valence-electron chi connectivity index (χ0n) is 10.7. The van der Waals surface area contributed by atoms with Crippen LogP contribution in [0.5, 0.6) is 0 Å². The Bertz CT molecular complexity index is 203. The molecule has 0 fully saturated rings. The predicted octanol–water partition coefficient (Wildman–Crippen LogP) is 0.526. The van der Waals surface area contributed by atoms with Crippen LogP contribution >= 0.6 is 0 Å². The van der Waals surface area contributed by atoms with E-state index in [1.807, 2.05) is 0 Å². The van der Waals surface area contributed by atoms with Crippen molar-refractivity contribution >= 4 is 14.8 Å². The smallest absolute Gasteiger partial charge is 0.377 e. The average molecular weight is 250 g/mol. The summed E-state index contributed by atoms with van der Waals surface area (Å²) in [6.45, 7) is 0.643. The zero-order valence-corrected chi connectivity index (χ0v) is 11.7. The number of nitrogens with zero attached hydrogens (tertiary/aromatic N) is 1. The summed E-state index contributed by atoms with van der Waals surface area (Å²) in [5.74, 6) is 0. The highest BCUT2D eigenvalue weighted by atomic mass is 28.4. The molecule has 16 heavy (non-hydrogen) atoms. The van der Waals surface area contributed by atoms with Crippen molar-refractivity contribution in [2.45, 2.75) is 12.5 Å². The molecule has 0 aliphatic carbocycles. The van der Waals surface area contributed by atoms with E-state index in [2.05, 4.69) is 5.32 Å². The molecule has 1 N–H and O–H groups in total. The highest BCUT2D eigenvalue weighted by molar-refractivity contribution is 6.60. The van der Waals surface area contributed by atoms with Crippen LogP contribution < -0.4 is 5.32 Å². The van der Waals surface area contributed by atoms with Gasteiger partial charge in [0.1, 0.15) is 0 Å². The van der Waals surface area contributed by atoms with Gasteiger partial charge in [0, 0.05) is 48.0 Å². The van der Waals surface area contributed by atoms with E-state index in [-0.39, 0.29) is 6.03 Å². The van der Waals surface area contributed by atoms with Crippen molar-refractivity contribution in [3.63, 3.8) is 0 Å². The van der Waals surface area contributed by atoms with E-state index in [4.69, 9.17) is 13.3 Å². The van der Waals surface area contributed by atoms with Crippen molar-refractivity contribution < 1.29 is 18.1 Å². The van der Waals surface area contributed by atoms with Gasteiger partial charge in [0.15, 0.2) is 0 Å². The summed E-state index contributed by atoms with van der Waals surface area (Å²) in [5.41, 5.74) is 0. The maximum atomic E-state index is 11.2. The Balaban J connectivity index is 3.99. The fourth-order valence-electron chi connectivity index (χ4n) is 1.38. The van der Waals surface area contributed by atoms with Gasteiger partial charge in [-0.15, -0.1) is 0 Å². The monoisotopic (exact) mass is 250 g/mol. The molecule has 0 atom stereocenters. The maximum Gasteiger partial charge on any atom is 0.500 e. The summed E-state index contributed by atoms with van der Waals surface area (Å²) in [7, 11) is 5.62. The number of carbonyl (C=O) groups is 1. The summed E-state index contributed by atoms with van der Waals surface area (Å²) in [6, 6.07) is 0.595. The first kappa shape index (κ1) is 15.4. The molecular formula is C9H22N2O4Si. The third-order valence-corrected chi connectivity index (χ3v) is 5.30. The lowest BCUT2D eigenvalue weighted by Crippen LogP contribution is -2.43. The molecule has 96 valence electrons. The second-order valence-electron chi connectivity index (χ2n) is 3.38. The quantitative estimate of drug-likeness (QED) is 0.669. The molecule has 6 nitrogen and oxygen atoms in total. The number of hydrogen-bond acceptors (Lipinski definition) is 4. The Morgan fingerprint density at radius 3 is 2.12 bits per heavy atom. The summed E-state index contributed by atoms with van der Waals surface area (Å²) >= 11 is 0. The molecule has 0 aliphatic heterocycles. The van der Waals surface area contributed by atoms with E-state index < -0.39 is 8.80 Å². The molecular weight excluding hydrogens is 228 g/mol. The Morgan fingerprint density at radius 1 is 1.25 bits per heavy atom. The van der Waals surface area contributed by atoms with E-state index in [1.54, 1.807) is 40.3 Å². The van der Waals surface area contributed by atoms with Crippen LogP contribution in [-0.4, -0.2) is 61.7 Å². The van der Waals surface area contributed by atoms with Crippen molar-refractivity contribution in [2.75, 3.05) is 42.0 Å². The van der Waals surface area contributed by atoms with Crippen LogP contribution in [0.1, 0.15) is 6.42 Å². The van der Waals surface area contributed by atoms with Crippen LogP contribution in [0.2, 0.25) is 6.04 Å². The van der Waals surface area contributed by atoms with Gasteiger partial charge < -0.3 is 23.5 Å². The van der Waals surface area contributed by atoms with E-state index in [1.165, 1.54) is 0 Å². The van der Waals surface area contributed by atoms with Crippen LogP contribution in [0.4, 0.5) is 4.79 Å². The lowest BCUT2D eigenvalue weighted by Gasteiger charge is -2.25. The van der Waals surface area contributed by atoms with Crippen molar-refractivity contribution in [2.24, 2.45) is 0 Å². The van der Waals surface area contributed by atoms with E-state index >= 15 is 0 Å². The molecule has 0 unspecified atom stereocenters. The molecule has 0 bridgehead atoms. The van der Waals surface area contributed by atoms with Crippen LogP contribution in [0, 0.1) is 0 Å². The Labute approximate surface area is 98.2 Å².